The first-order chi connectivity index (χ1) is 22.6. The number of hydrogen-bond donors (Lipinski definition) is 1. The average molecular weight is 640 g/mol. The molecule has 3 nitrogen and oxygen atoms in total. The normalized spacial score (nSPS) is 12.3. The molecule has 6 aromatic rings. The highest BCUT2D eigenvalue weighted by Gasteiger charge is 2.44. The van der Waals surface area contributed by atoms with Crippen LogP contribution in [0.25, 0.3) is 0 Å². The number of hydrogen-bond acceptors (Lipinski definition) is 4. The molecular weight excluding hydrogens is 606 g/mol. The summed E-state index contributed by atoms with van der Waals surface area (Å²) in [5.41, 5.74) is 11.0. The molecular formula is C41H34ClNO2S. The maximum absolute atomic E-state index is 14.3. The molecule has 0 spiro atoms. The number of benzene rings is 6. The topological polar surface area (TPSA) is 52.3 Å². The quantitative estimate of drug-likeness (QED) is 0.113. The lowest BCUT2D eigenvalue weighted by Gasteiger charge is -2.38. The first kappa shape index (κ1) is 31.4. The van der Waals surface area contributed by atoms with Crippen LogP contribution < -0.4 is 5.73 Å². The van der Waals surface area contributed by atoms with E-state index in [-0.39, 0.29) is 0 Å². The Bertz CT molecular complexity index is 1720. The van der Waals surface area contributed by atoms with Crippen LogP contribution in [0.1, 0.15) is 33.4 Å². The summed E-state index contributed by atoms with van der Waals surface area (Å²) in [6.07, 6.45) is 0. The minimum atomic E-state index is -1.32. The number of carbonyl (C=O) groups excluding carboxylic acids is 1. The fourth-order valence-corrected chi connectivity index (χ4v) is 7.76. The van der Waals surface area contributed by atoms with Gasteiger partial charge in [-0.25, -0.2) is 0 Å². The monoisotopic (exact) mass is 639 g/mol. The van der Waals surface area contributed by atoms with Crippen LogP contribution in [0.4, 0.5) is 0 Å². The largest absolute Gasteiger partial charge is 0.443 e. The van der Waals surface area contributed by atoms with Crippen molar-refractivity contribution in [1.29, 1.82) is 0 Å². The summed E-state index contributed by atoms with van der Waals surface area (Å²) in [5, 5.41) is 0.488. The first-order valence-electron chi connectivity index (χ1n) is 15.2. The van der Waals surface area contributed by atoms with Gasteiger partial charge in [-0.2, -0.15) is 0 Å². The number of rotatable bonds is 11. The third-order valence-electron chi connectivity index (χ3n) is 8.19. The van der Waals surface area contributed by atoms with Gasteiger partial charge >= 0.3 is 5.97 Å². The van der Waals surface area contributed by atoms with Crippen LogP contribution in [0.15, 0.2) is 176 Å². The Morgan fingerprint density at radius 3 is 1.30 bits per heavy atom. The number of ether oxygens (including phenoxy) is 1. The maximum Gasteiger partial charge on any atom is 0.325 e. The van der Waals surface area contributed by atoms with Crippen LogP contribution in [0.5, 0.6) is 0 Å². The van der Waals surface area contributed by atoms with E-state index in [4.69, 9.17) is 22.1 Å². The molecule has 0 saturated carbocycles. The van der Waals surface area contributed by atoms with Crippen LogP contribution in [0.2, 0.25) is 5.02 Å². The van der Waals surface area contributed by atoms with E-state index < -0.39 is 22.4 Å². The van der Waals surface area contributed by atoms with Crippen LogP contribution >= 0.6 is 23.4 Å². The zero-order valence-electron chi connectivity index (χ0n) is 25.2. The molecule has 0 saturated heterocycles. The molecule has 0 amide bonds. The van der Waals surface area contributed by atoms with Crippen molar-refractivity contribution in [2.24, 2.45) is 5.73 Å². The third-order valence-corrected chi connectivity index (χ3v) is 10.2. The lowest BCUT2D eigenvalue weighted by Crippen LogP contribution is -2.43. The molecule has 46 heavy (non-hydrogen) atoms. The van der Waals surface area contributed by atoms with Gasteiger partial charge in [-0.05, 0) is 22.8 Å². The highest BCUT2D eigenvalue weighted by atomic mass is 35.5. The van der Waals surface area contributed by atoms with Crippen molar-refractivity contribution >= 4 is 29.3 Å². The number of esters is 1. The van der Waals surface area contributed by atoms with Gasteiger partial charge in [-0.1, -0.05) is 181 Å². The van der Waals surface area contributed by atoms with Crippen molar-refractivity contribution < 1.29 is 9.53 Å². The summed E-state index contributed by atoms with van der Waals surface area (Å²) in [5.74, 6) is -0.233. The Kier molecular flexibility index (Phi) is 9.70. The Labute approximate surface area is 280 Å². The summed E-state index contributed by atoms with van der Waals surface area (Å²) in [6, 6.07) is 57.0. The van der Waals surface area contributed by atoms with Gasteiger partial charge in [0.05, 0.1) is 4.75 Å². The van der Waals surface area contributed by atoms with E-state index in [0.29, 0.717) is 16.3 Å². The smallest absolute Gasteiger partial charge is 0.325 e. The second kappa shape index (κ2) is 14.2. The maximum atomic E-state index is 14.3. The van der Waals surface area contributed by atoms with Crippen molar-refractivity contribution in [1.82, 2.24) is 0 Å². The van der Waals surface area contributed by atoms with Crippen molar-refractivity contribution in [2.45, 2.75) is 16.4 Å². The van der Waals surface area contributed by atoms with Gasteiger partial charge in [0.1, 0.15) is 6.04 Å². The lowest BCUT2D eigenvalue weighted by atomic mass is 9.80. The fraction of sp³-hybridized carbons (Fsp3) is 0.0976. The molecule has 0 aliphatic rings. The van der Waals surface area contributed by atoms with E-state index in [2.05, 4.69) is 36.4 Å². The van der Waals surface area contributed by atoms with Gasteiger partial charge in [-0.3, -0.25) is 4.79 Å². The predicted molar refractivity (Wildman–Crippen MR) is 190 cm³/mol. The summed E-state index contributed by atoms with van der Waals surface area (Å²) >= 11 is 8.50. The molecule has 0 radical (unpaired) electrons. The molecule has 5 heteroatoms. The molecule has 228 valence electrons. The van der Waals surface area contributed by atoms with Crippen LogP contribution in [0, 0.1) is 0 Å². The van der Waals surface area contributed by atoms with Crippen molar-refractivity contribution in [3.63, 3.8) is 0 Å². The molecule has 6 rings (SSSR count). The van der Waals surface area contributed by atoms with E-state index in [1.807, 2.05) is 140 Å². The molecule has 1 atom stereocenters. The highest BCUT2D eigenvalue weighted by Crippen LogP contribution is 2.49. The lowest BCUT2D eigenvalue weighted by molar-refractivity contribution is -0.154. The van der Waals surface area contributed by atoms with Gasteiger partial charge < -0.3 is 10.5 Å². The van der Waals surface area contributed by atoms with Gasteiger partial charge in [-0.15, -0.1) is 11.8 Å². The Morgan fingerprint density at radius 2 is 0.913 bits per heavy atom. The molecule has 0 aromatic heterocycles. The minimum Gasteiger partial charge on any atom is -0.443 e. The molecule has 0 bridgehead atoms. The van der Waals surface area contributed by atoms with E-state index in [1.54, 1.807) is 11.8 Å². The molecule has 2 N–H and O–H groups in total. The van der Waals surface area contributed by atoms with E-state index in [9.17, 15) is 4.79 Å². The van der Waals surface area contributed by atoms with E-state index in [0.717, 1.165) is 27.8 Å². The second-order valence-electron chi connectivity index (χ2n) is 11.0. The van der Waals surface area contributed by atoms with E-state index in [1.165, 1.54) is 0 Å². The number of halogens is 1. The summed E-state index contributed by atoms with van der Waals surface area (Å²) < 4.78 is 6.03. The highest BCUT2D eigenvalue weighted by molar-refractivity contribution is 8.00. The fourth-order valence-electron chi connectivity index (χ4n) is 6.02. The zero-order valence-corrected chi connectivity index (χ0v) is 26.8. The van der Waals surface area contributed by atoms with Gasteiger partial charge in [0.25, 0.3) is 0 Å². The predicted octanol–water partition coefficient (Wildman–Crippen LogP) is 9.23. The second-order valence-corrected chi connectivity index (χ2v) is 12.7. The zero-order chi connectivity index (χ0) is 31.8. The Hall–Kier alpha value is -4.61. The number of thioether (sulfide) groups is 1. The van der Waals surface area contributed by atoms with Gasteiger partial charge in [0.2, 0.25) is 0 Å². The average Bonchev–Trinajstić information content (AvgIpc) is 3.13. The summed E-state index contributed by atoms with van der Waals surface area (Å²) in [4.78, 5) is 14.3. The van der Waals surface area contributed by atoms with Crippen molar-refractivity contribution in [2.75, 3.05) is 5.75 Å². The molecule has 6 aromatic carbocycles. The molecule has 0 aliphatic carbocycles. The molecule has 0 unspecified atom stereocenters. The van der Waals surface area contributed by atoms with E-state index >= 15 is 0 Å². The van der Waals surface area contributed by atoms with Gasteiger partial charge in [0, 0.05) is 27.5 Å². The molecule has 0 heterocycles. The summed E-state index contributed by atoms with van der Waals surface area (Å²) in [7, 11) is 0. The van der Waals surface area contributed by atoms with Crippen LogP contribution in [-0.2, 0) is 19.9 Å². The van der Waals surface area contributed by atoms with Crippen LogP contribution in [0.3, 0.4) is 0 Å². The number of carbonyl (C=O) groups is 1. The van der Waals surface area contributed by atoms with Crippen molar-refractivity contribution in [3.8, 4) is 0 Å². The van der Waals surface area contributed by atoms with Gasteiger partial charge in [0.15, 0.2) is 5.60 Å². The minimum absolute atomic E-state index is 0.291. The van der Waals surface area contributed by atoms with Crippen LogP contribution in [-0.4, -0.2) is 17.8 Å². The standard InChI is InChI=1S/C41H34ClNO2S/c42-37-29-17-16-28-36(37)40(31-18-6-1-7-19-31,32-20-8-2-9-21-32)45-39(44)38(43)30-46-41(33-22-10-3-11-23-33,34-24-12-4-13-25-34)35-26-14-5-15-27-35/h1-29,38H,30,43H2/t38-/m0/s1. The Balaban J connectivity index is 1.41. The SMILES string of the molecule is N[C@@H](CSC(c1ccccc1)(c1ccccc1)c1ccccc1)C(=O)OC(c1ccccc1)(c1ccccc1)c1ccccc1Cl. The molecule has 0 aliphatic heterocycles. The molecule has 0 fully saturated rings. The third kappa shape index (κ3) is 6.12. The first-order valence-corrected chi connectivity index (χ1v) is 16.6. The Morgan fingerprint density at radius 1 is 0.565 bits per heavy atom. The number of nitrogens with two attached hydrogens (primary N) is 1. The summed E-state index contributed by atoms with van der Waals surface area (Å²) in [6.45, 7) is 0. The van der Waals surface area contributed by atoms with Crippen molar-refractivity contribution in [3.05, 3.63) is 214 Å².